The van der Waals surface area contributed by atoms with Crippen molar-refractivity contribution in [2.24, 2.45) is 4.99 Å². The lowest BCUT2D eigenvalue weighted by Gasteiger charge is -2.26. The molecule has 1 atom stereocenters. The van der Waals surface area contributed by atoms with Crippen LogP contribution in [0.4, 0.5) is 0 Å². The molecule has 0 bridgehead atoms. The summed E-state index contributed by atoms with van der Waals surface area (Å²) in [4.78, 5) is 32.4. The second-order valence-electron chi connectivity index (χ2n) is 8.90. The molecule has 0 radical (unpaired) electrons. The van der Waals surface area contributed by atoms with Crippen LogP contribution >= 0.6 is 34.5 Å². The van der Waals surface area contributed by atoms with E-state index in [1.165, 1.54) is 16.9 Å². The number of rotatable bonds is 7. The van der Waals surface area contributed by atoms with Crippen LogP contribution in [0.1, 0.15) is 69.2 Å². The quantitative estimate of drug-likeness (QED) is 0.343. The number of ether oxygens (including phenoxy) is 1. The maximum atomic E-state index is 13.8. The fourth-order valence-electron chi connectivity index (χ4n) is 4.26. The Balaban J connectivity index is 1.98. The van der Waals surface area contributed by atoms with Crippen LogP contribution in [-0.4, -0.2) is 17.1 Å². The minimum atomic E-state index is -0.633. The molecule has 8 heteroatoms. The van der Waals surface area contributed by atoms with Crippen molar-refractivity contribution in [2.75, 3.05) is 6.61 Å². The second kappa shape index (κ2) is 11.2. The van der Waals surface area contributed by atoms with Crippen LogP contribution in [0, 0.1) is 0 Å². The largest absolute Gasteiger partial charge is 0.463 e. The molecule has 1 aliphatic heterocycles. The number of hydrogen-bond donors (Lipinski definition) is 0. The van der Waals surface area contributed by atoms with Crippen LogP contribution in [0.25, 0.3) is 6.08 Å². The first kappa shape index (κ1) is 26.4. The highest BCUT2D eigenvalue weighted by molar-refractivity contribution is 7.07. The Labute approximate surface area is 224 Å². The lowest BCUT2D eigenvalue weighted by molar-refractivity contribution is -0.139. The molecule has 0 amide bonds. The molecule has 3 aromatic rings. The van der Waals surface area contributed by atoms with Crippen molar-refractivity contribution in [3.8, 4) is 0 Å². The smallest absolute Gasteiger partial charge is 0.338 e. The number of benzene rings is 2. The number of nitrogens with zero attached hydrogens (tertiary/aromatic N) is 2. The molecular formula is C28H28Cl2N2O3S. The van der Waals surface area contributed by atoms with E-state index in [9.17, 15) is 9.59 Å². The second-order valence-corrected chi connectivity index (χ2v) is 10.8. The highest BCUT2D eigenvalue weighted by atomic mass is 35.5. The summed E-state index contributed by atoms with van der Waals surface area (Å²) < 4.78 is 7.53. The van der Waals surface area contributed by atoms with Crippen molar-refractivity contribution in [3.63, 3.8) is 0 Å². The predicted octanol–water partition coefficient (Wildman–Crippen LogP) is 6.01. The fraction of sp³-hybridized carbons (Fsp3) is 0.321. The van der Waals surface area contributed by atoms with Crippen molar-refractivity contribution in [1.82, 2.24) is 4.57 Å². The van der Waals surface area contributed by atoms with Gasteiger partial charge in [-0.15, -0.1) is 0 Å². The van der Waals surface area contributed by atoms with Gasteiger partial charge in [0, 0.05) is 10.0 Å². The molecule has 2 heterocycles. The van der Waals surface area contributed by atoms with Crippen LogP contribution in [0.5, 0.6) is 0 Å². The molecule has 0 aliphatic carbocycles. The molecule has 188 valence electrons. The van der Waals surface area contributed by atoms with E-state index in [0.29, 0.717) is 48.6 Å². The molecule has 0 unspecified atom stereocenters. The monoisotopic (exact) mass is 542 g/mol. The highest BCUT2D eigenvalue weighted by Gasteiger charge is 2.34. The highest BCUT2D eigenvalue weighted by Crippen LogP contribution is 2.33. The third-order valence-electron chi connectivity index (χ3n) is 6.06. The Morgan fingerprint density at radius 3 is 2.50 bits per heavy atom. The zero-order valence-electron chi connectivity index (χ0n) is 20.7. The standard InChI is InChI=1S/C28H28Cl2N2O3S/c1-5-7-22-24(27(34)35-6-2)25(18-10-8-17(9-11-18)16(3)4)32-26(33)23(36-28(32)31-22)14-19-12-13-20(29)15-21(19)30/h8-16,25H,5-7H2,1-4H3/b23-14-/t25-/m1/s1. The third kappa shape index (κ3) is 5.22. The first-order valence-corrected chi connectivity index (χ1v) is 13.6. The number of carbonyl (C=O) groups is 1. The van der Waals surface area contributed by atoms with Gasteiger partial charge in [0.2, 0.25) is 0 Å². The molecule has 0 saturated carbocycles. The zero-order chi connectivity index (χ0) is 26.0. The van der Waals surface area contributed by atoms with Gasteiger partial charge >= 0.3 is 5.97 Å². The summed E-state index contributed by atoms with van der Waals surface area (Å²) in [7, 11) is 0. The van der Waals surface area contributed by atoms with E-state index in [-0.39, 0.29) is 12.2 Å². The Morgan fingerprint density at radius 1 is 1.17 bits per heavy atom. The van der Waals surface area contributed by atoms with E-state index in [1.54, 1.807) is 35.8 Å². The van der Waals surface area contributed by atoms with Gasteiger partial charge in [-0.25, -0.2) is 9.79 Å². The van der Waals surface area contributed by atoms with Crippen LogP contribution in [0.2, 0.25) is 10.0 Å². The van der Waals surface area contributed by atoms with Gasteiger partial charge in [0.15, 0.2) is 4.80 Å². The maximum absolute atomic E-state index is 13.8. The summed E-state index contributed by atoms with van der Waals surface area (Å²) in [6.07, 6.45) is 3.15. The van der Waals surface area contributed by atoms with Gasteiger partial charge < -0.3 is 4.74 Å². The third-order valence-corrected chi connectivity index (χ3v) is 7.61. The summed E-state index contributed by atoms with van der Waals surface area (Å²) in [5.74, 6) is -0.0847. The lowest BCUT2D eigenvalue weighted by atomic mass is 9.92. The molecule has 0 fully saturated rings. The number of fused-ring (bicyclic) bond motifs is 1. The van der Waals surface area contributed by atoms with E-state index in [1.807, 2.05) is 31.2 Å². The van der Waals surface area contributed by atoms with Gasteiger partial charge in [-0.1, -0.05) is 92.1 Å². The zero-order valence-corrected chi connectivity index (χ0v) is 23.0. The van der Waals surface area contributed by atoms with Crippen molar-refractivity contribution < 1.29 is 9.53 Å². The Bertz CT molecular complexity index is 1500. The van der Waals surface area contributed by atoms with Crippen molar-refractivity contribution in [1.29, 1.82) is 0 Å². The summed E-state index contributed by atoms with van der Waals surface area (Å²) in [5, 5.41) is 0.972. The summed E-state index contributed by atoms with van der Waals surface area (Å²) >= 11 is 13.7. The number of thiazole rings is 1. The van der Waals surface area contributed by atoms with Gasteiger partial charge in [-0.2, -0.15) is 0 Å². The molecule has 0 spiro atoms. The molecule has 1 aliphatic rings. The Morgan fingerprint density at radius 2 is 1.89 bits per heavy atom. The average molecular weight is 544 g/mol. The maximum Gasteiger partial charge on any atom is 0.338 e. The molecule has 1 aromatic heterocycles. The Kier molecular flexibility index (Phi) is 8.18. The van der Waals surface area contributed by atoms with Crippen LogP contribution < -0.4 is 14.9 Å². The SMILES string of the molecule is CCCC1=C(C(=O)OCC)[C@@H](c2ccc(C(C)C)cc2)n2c(s/c(=C\c3ccc(Cl)cc3Cl)c2=O)=N1. The van der Waals surface area contributed by atoms with E-state index >= 15 is 0 Å². The number of esters is 1. The molecule has 36 heavy (non-hydrogen) atoms. The van der Waals surface area contributed by atoms with Crippen molar-refractivity contribution in [3.05, 3.63) is 100 Å². The van der Waals surface area contributed by atoms with Gasteiger partial charge in [-0.05, 0) is 54.2 Å². The van der Waals surface area contributed by atoms with E-state index in [0.717, 1.165) is 12.0 Å². The fourth-order valence-corrected chi connectivity index (χ4v) is 5.73. The number of aromatic nitrogens is 1. The Hall–Kier alpha value is -2.67. The van der Waals surface area contributed by atoms with Crippen LogP contribution in [0.3, 0.4) is 0 Å². The number of hydrogen-bond acceptors (Lipinski definition) is 5. The van der Waals surface area contributed by atoms with Crippen molar-refractivity contribution in [2.45, 2.75) is 52.5 Å². The minimum Gasteiger partial charge on any atom is -0.463 e. The summed E-state index contributed by atoms with van der Waals surface area (Å²) in [5.41, 5.74) is 3.54. The predicted molar refractivity (Wildman–Crippen MR) is 147 cm³/mol. The number of carbonyl (C=O) groups excluding carboxylic acids is 1. The van der Waals surface area contributed by atoms with Gasteiger partial charge in [0.25, 0.3) is 5.56 Å². The molecular weight excluding hydrogens is 515 g/mol. The van der Waals surface area contributed by atoms with E-state index in [4.69, 9.17) is 32.9 Å². The summed E-state index contributed by atoms with van der Waals surface area (Å²) in [6.45, 7) is 8.30. The first-order valence-electron chi connectivity index (χ1n) is 12.0. The van der Waals surface area contributed by atoms with E-state index in [2.05, 4.69) is 13.8 Å². The van der Waals surface area contributed by atoms with Gasteiger partial charge in [-0.3, -0.25) is 9.36 Å². The summed E-state index contributed by atoms with van der Waals surface area (Å²) in [6, 6.07) is 12.6. The molecule has 5 nitrogen and oxygen atoms in total. The number of halogens is 2. The van der Waals surface area contributed by atoms with E-state index < -0.39 is 12.0 Å². The normalized spacial score (nSPS) is 15.8. The number of allylic oxidation sites excluding steroid dienone is 1. The van der Waals surface area contributed by atoms with Crippen LogP contribution in [-0.2, 0) is 9.53 Å². The van der Waals surface area contributed by atoms with Crippen LogP contribution in [0.15, 0.2) is 63.5 Å². The van der Waals surface area contributed by atoms with Crippen molar-refractivity contribution >= 4 is 46.6 Å². The van der Waals surface area contributed by atoms with Gasteiger partial charge in [0.05, 0.1) is 28.5 Å². The minimum absolute atomic E-state index is 0.236. The lowest BCUT2D eigenvalue weighted by Crippen LogP contribution is -2.40. The molecule has 0 saturated heterocycles. The average Bonchev–Trinajstić information content (AvgIpc) is 3.15. The molecule has 0 N–H and O–H groups in total. The molecule has 2 aromatic carbocycles. The first-order chi connectivity index (χ1) is 17.2. The molecule has 4 rings (SSSR count). The topological polar surface area (TPSA) is 60.7 Å². The van der Waals surface area contributed by atoms with Gasteiger partial charge in [0.1, 0.15) is 0 Å².